The average Bonchev–Trinajstić information content (AvgIpc) is 3.00. The van der Waals surface area contributed by atoms with Crippen LogP contribution in [0.1, 0.15) is 47.4 Å². The molecule has 1 aliphatic heterocycles. The zero-order valence-electron chi connectivity index (χ0n) is 17.6. The second kappa shape index (κ2) is 10.2. The number of hydrogen-bond acceptors (Lipinski definition) is 3. The van der Waals surface area contributed by atoms with Gasteiger partial charge in [-0.15, -0.1) is 0 Å². The Morgan fingerprint density at radius 3 is 2.20 bits per heavy atom. The number of ether oxygens (including phenoxy) is 1. The predicted octanol–water partition coefficient (Wildman–Crippen LogP) is 4.24. The minimum absolute atomic E-state index is 0.0658. The van der Waals surface area contributed by atoms with Gasteiger partial charge in [0.15, 0.2) is 0 Å². The maximum absolute atomic E-state index is 14.0. The summed E-state index contributed by atoms with van der Waals surface area (Å²) in [5, 5.41) is 0. The Hall–Kier alpha value is -2.89. The molecule has 0 N–H and O–H groups in total. The SMILES string of the molecule is CC(C)CCOc1ccc(C(=O)N2CCCN(C(=O)c3ccccc3F)CC2)cc1. The minimum Gasteiger partial charge on any atom is -0.494 e. The summed E-state index contributed by atoms with van der Waals surface area (Å²) in [5.74, 6) is 0.424. The molecule has 0 unspecified atom stereocenters. The smallest absolute Gasteiger partial charge is 0.256 e. The maximum atomic E-state index is 14.0. The molecule has 0 bridgehead atoms. The first-order chi connectivity index (χ1) is 14.5. The average molecular weight is 413 g/mol. The molecule has 0 aromatic heterocycles. The Bertz CT molecular complexity index is 867. The Kier molecular flexibility index (Phi) is 7.44. The highest BCUT2D eigenvalue weighted by Crippen LogP contribution is 2.17. The van der Waals surface area contributed by atoms with Gasteiger partial charge in [-0.05, 0) is 55.2 Å². The summed E-state index contributed by atoms with van der Waals surface area (Å²) in [4.78, 5) is 28.9. The van der Waals surface area contributed by atoms with E-state index in [4.69, 9.17) is 4.74 Å². The van der Waals surface area contributed by atoms with Crippen molar-refractivity contribution in [3.05, 3.63) is 65.5 Å². The Morgan fingerprint density at radius 2 is 1.57 bits per heavy atom. The van der Waals surface area contributed by atoms with Crippen LogP contribution < -0.4 is 4.74 Å². The van der Waals surface area contributed by atoms with Crippen LogP contribution in [0.4, 0.5) is 4.39 Å². The van der Waals surface area contributed by atoms with E-state index in [1.165, 1.54) is 12.1 Å². The number of benzene rings is 2. The number of nitrogens with zero attached hydrogens (tertiary/aromatic N) is 2. The van der Waals surface area contributed by atoms with E-state index in [0.717, 1.165) is 12.2 Å². The molecule has 2 amide bonds. The van der Waals surface area contributed by atoms with Crippen molar-refractivity contribution in [2.45, 2.75) is 26.7 Å². The van der Waals surface area contributed by atoms with Crippen LogP contribution in [0.25, 0.3) is 0 Å². The summed E-state index contributed by atoms with van der Waals surface area (Å²) in [5.41, 5.74) is 0.672. The Balaban J connectivity index is 1.57. The van der Waals surface area contributed by atoms with Crippen molar-refractivity contribution >= 4 is 11.8 Å². The van der Waals surface area contributed by atoms with Crippen LogP contribution in [0.15, 0.2) is 48.5 Å². The fraction of sp³-hybridized carbons (Fsp3) is 0.417. The fourth-order valence-corrected chi connectivity index (χ4v) is 3.42. The van der Waals surface area contributed by atoms with Gasteiger partial charge in [0.2, 0.25) is 0 Å². The molecular formula is C24H29FN2O3. The lowest BCUT2D eigenvalue weighted by atomic mass is 10.1. The van der Waals surface area contributed by atoms with Crippen LogP contribution in [-0.2, 0) is 0 Å². The summed E-state index contributed by atoms with van der Waals surface area (Å²) < 4.78 is 19.7. The van der Waals surface area contributed by atoms with Gasteiger partial charge in [-0.25, -0.2) is 4.39 Å². The molecule has 1 aliphatic rings. The fourth-order valence-electron chi connectivity index (χ4n) is 3.42. The first-order valence-electron chi connectivity index (χ1n) is 10.5. The predicted molar refractivity (Wildman–Crippen MR) is 114 cm³/mol. The third-order valence-electron chi connectivity index (χ3n) is 5.24. The number of halogens is 1. The minimum atomic E-state index is -0.518. The molecule has 0 aliphatic carbocycles. The van der Waals surface area contributed by atoms with E-state index in [-0.39, 0.29) is 17.4 Å². The zero-order valence-corrected chi connectivity index (χ0v) is 17.6. The van der Waals surface area contributed by atoms with E-state index in [9.17, 15) is 14.0 Å². The van der Waals surface area contributed by atoms with Gasteiger partial charge >= 0.3 is 0 Å². The highest BCUT2D eigenvalue weighted by atomic mass is 19.1. The molecule has 0 saturated carbocycles. The van der Waals surface area contributed by atoms with Crippen molar-refractivity contribution in [2.24, 2.45) is 5.92 Å². The molecule has 1 saturated heterocycles. The van der Waals surface area contributed by atoms with Crippen LogP contribution in [-0.4, -0.2) is 54.4 Å². The molecule has 0 atom stereocenters. The van der Waals surface area contributed by atoms with Gasteiger partial charge in [0.1, 0.15) is 11.6 Å². The second-order valence-electron chi connectivity index (χ2n) is 7.97. The standard InChI is InChI=1S/C24H29FN2O3/c1-18(2)12-17-30-20-10-8-19(9-11-20)23(28)26-13-5-14-27(16-15-26)24(29)21-6-3-4-7-22(21)25/h3-4,6-11,18H,5,12-17H2,1-2H3. The molecule has 2 aromatic carbocycles. The van der Waals surface area contributed by atoms with E-state index < -0.39 is 5.82 Å². The zero-order chi connectivity index (χ0) is 21.5. The highest BCUT2D eigenvalue weighted by molar-refractivity contribution is 5.95. The molecule has 6 heteroatoms. The molecule has 0 spiro atoms. The van der Waals surface area contributed by atoms with Gasteiger partial charge in [-0.2, -0.15) is 0 Å². The molecule has 3 rings (SSSR count). The summed E-state index contributed by atoms with van der Waals surface area (Å²) in [6.07, 6.45) is 1.64. The third kappa shape index (κ3) is 5.59. The lowest BCUT2D eigenvalue weighted by molar-refractivity contribution is 0.0716. The van der Waals surface area contributed by atoms with Gasteiger partial charge in [-0.1, -0.05) is 26.0 Å². The topological polar surface area (TPSA) is 49.9 Å². The summed E-state index contributed by atoms with van der Waals surface area (Å²) >= 11 is 0. The highest BCUT2D eigenvalue weighted by Gasteiger charge is 2.24. The first-order valence-corrected chi connectivity index (χ1v) is 10.5. The number of amides is 2. The largest absolute Gasteiger partial charge is 0.494 e. The lowest BCUT2D eigenvalue weighted by Crippen LogP contribution is -2.37. The summed E-state index contributed by atoms with van der Waals surface area (Å²) in [6.45, 7) is 6.82. The van der Waals surface area contributed by atoms with Crippen molar-refractivity contribution in [1.82, 2.24) is 9.80 Å². The molecule has 5 nitrogen and oxygen atoms in total. The number of carbonyl (C=O) groups excluding carboxylic acids is 2. The van der Waals surface area contributed by atoms with Gasteiger partial charge in [-0.3, -0.25) is 9.59 Å². The van der Waals surface area contributed by atoms with Crippen molar-refractivity contribution in [3.63, 3.8) is 0 Å². The van der Waals surface area contributed by atoms with Crippen molar-refractivity contribution in [2.75, 3.05) is 32.8 Å². The van der Waals surface area contributed by atoms with E-state index in [1.807, 2.05) is 12.1 Å². The molecule has 1 fully saturated rings. The van der Waals surface area contributed by atoms with Crippen LogP contribution in [0, 0.1) is 11.7 Å². The van der Waals surface area contributed by atoms with Gasteiger partial charge < -0.3 is 14.5 Å². The van der Waals surface area contributed by atoms with Crippen molar-refractivity contribution < 1.29 is 18.7 Å². The molecule has 0 radical (unpaired) electrons. The number of hydrogen-bond donors (Lipinski definition) is 0. The Labute approximate surface area is 177 Å². The van der Waals surface area contributed by atoms with Crippen LogP contribution in [0.2, 0.25) is 0 Å². The molecule has 160 valence electrons. The van der Waals surface area contributed by atoms with E-state index >= 15 is 0 Å². The van der Waals surface area contributed by atoms with Gasteiger partial charge in [0.25, 0.3) is 11.8 Å². The lowest BCUT2D eigenvalue weighted by Gasteiger charge is -2.22. The van der Waals surface area contributed by atoms with E-state index in [0.29, 0.717) is 50.7 Å². The molecular weight excluding hydrogens is 383 g/mol. The summed E-state index contributed by atoms with van der Waals surface area (Å²) in [6, 6.07) is 13.2. The number of rotatable bonds is 6. The molecule has 1 heterocycles. The van der Waals surface area contributed by atoms with Crippen molar-refractivity contribution in [3.8, 4) is 5.75 Å². The van der Waals surface area contributed by atoms with Gasteiger partial charge in [0, 0.05) is 31.7 Å². The number of carbonyl (C=O) groups is 2. The first kappa shape index (κ1) is 21.8. The quantitative estimate of drug-likeness (QED) is 0.713. The monoisotopic (exact) mass is 412 g/mol. The Morgan fingerprint density at radius 1 is 0.933 bits per heavy atom. The van der Waals surface area contributed by atoms with Gasteiger partial charge in [0.05, 0.1) is 12.2 Å². The van der Waals surface area contributed by atoms with Crippen LogP contribution in [0.3, 0.4) is 0 Å². The normalized spacial score (nSPS) is 14.5. The van der Waals surface area contributed by atoms with Crippen LogP contribution >= 0.6 is 0 Å². The summed E-state index contributed by atoms with van der Waals surface area (Å²) in [7, 11) is 0. The third-order valence-corrected chi connectivity index (χ3v) is 5.24. The van der Waals surface area contributed by atoms with Crippen LogP contribution in [0.5, 0.6) is 5.75 Å². The van der Waals surface area contributed by atoms with E-state index in [2.05, 4.69) is 13.8 Å². The van der Waals surface area contributed by atoms with Crippen molar-refractivity contribution in [1.29, 1.82) is 0 Å². The molecule has 30 heavy (non-hydrogen) atoms. The van der Waals surface area contributed by atoms with E-state index in [1.54, 1.807) is 34.1 Å². The molecule has 2 aromatic rings. The maximum Gasteiger partial charge on any atom is 0.256 e. The second-order valence-corrected chi connectivity index (χ2v) is 7.97.